The van der Waals surface area contributed by atoms with Crippen LogP contribution in [0.3, 0.4) is 0 Å². The normalized spacial score (nSPS) is 23.4. The van der Waals surface area contributed by atoms with Crippen LogP contribution in [0.2, 0.25) is 0 Å². The Morgan fingerprint density at radius 1 is 1.00 bits per heavy atom. The molecular weight excluding hydrogens is 284 g/mol. The fourth-order valence-electron chi connectivity index (χ4n) is 2.27. The second kappa shape index (κ2) is 9.10. The zero-order valence-corrected chi connectivity index (χ0v) is 14.3. The molecule has 6 nitrogen and oxygen atoms in total. The maximum absolute atomic E-state index is 11.9. The van der Waals surface area contributed by atoms with Crippen molar-refractivity contribution >= 4 is 12.1 Å². The summed E-state index contributed by atoms with van der Waals surface area (Å²) in [6, 6.07) is 0.751. The molecule has 0 aromatic heterocycles. The molecule has 0 radical (unpaired) electrons. The SMILES string of the molecule is CC(C)OC(=O)OC(=O)[C@H]1CC[C@H](NNC(C)C(C)C)CC1. The predicted octanol–water partition coefficient (Wildman–Crippen LogP) is 2.77. The lowest BCUT2D eigenvalue weighted by Gasteiger charge is -2.29. The highest BCUT2D eigenvalue weighted by Crippen LogP contribution is 2.25. The summed E-state index contributed by atoms with van der Waals surface area (Å²) in [5, 5.41) is 0. The van der Waals surface area contributed by atoms with E-state index in [1.165, 1.54) is 0 Å². The number of rotatable bonds is 6. The summed E-state index contributed by atoms with van der Waals surface area (Å²) in [6.07, 6.45) is 2.04. The molecule has 1 aliphatic rings. The van der Waals surface area contributed by atoms with Crippen LogP contribution in [0.4, 0.5) is 4.79 Å². The molecular formula is C16H30N2O4. The van der Waals surface area contributed by atoms with Gasteiger partial charge in [-0.2, -0.15) is 0 Å². The molecule has 22 heavy (non-hydrogen) atoms. The van der Waals surface area contributed by atoms with Gasteiger partial charge in [0.2, 0.25) is 0 Å². The molecule has 0 saturated heterocycles. The van der Waals surface area contributed by atoms with E-state index in [1.54, 1.807) is 13.8 Å². The summed E-state index contributed by atoms with van der Waals surface area (Å²) in [7, 11) is 0. The van der Waals surface area contributed by atoms with Crippen molar-refractivity contribution in [3.8, 4) is 0 Å². The summed E-state index contributed by atoms with van der Waals surface area (Å²) in [5.41, 5.74) is 6.64. The van der Waals surface area contributed by atoms with E-state index in [0.717, 1.165) is 25.7 Å². The number of esters is 1. The first-order valence-corrected chi connectivity index (χ1v) is 8.23. The van der Waals surface area contributed by atoms with Crippen LogP contribution in [0.1, 0.15) is 60.3 Å². The van der Waals surface area contributed by atoms with Gasteiger partial charge in [-0.15, -0.1) is 0 Å². The smallest absolute Gasteiger partial charge is 0.431 e. The average Bonchev–Trinajstić information content (AvgIpc) is 2.44. The lowest BCUT2D eigenvalue weighted by Crippen LogP contribution is -2.48. The van der Waals surface area contributed by atoms with Crippen molar-refractivity contribution in [2.24, 2.45) is 11.8 Å². The Morgan fingerprint density at radius 2 is 1.59 bits per heavy atom. The van der Waals surface area contributed by atoms with Gasteiger partial charge in [0, 0.05) is 12.1 Å². The summed E-state index contributed by atoms with van der Waals surface area (Å²) < 4.78 is 9.55. The molecule has 1 aliphatic carbocycles. The first-order chi connectivity index (χ1) is 10.3. The predicted molar refractivity (Wildman–Crippen MR) is 84.0 cm³/mol. The molecule has 1 unspecified atom stereocenters. The maximum atomic E-state index is 11.9. The van der Waals surface area contributed by atoms with Gasteiger partial charge < -0.3 is 9.47 Å². The van der Waals surface area contributed by atoms with Gasteiger partial charge in [0.15, 0.2) is 0 Å². The van der Waals surface area contributed by atoms with Crippen LogP contribution in [0.15, 0.2) is 0 Å². The molecule has 1 fully saturated rings. The lowest BCUT2D eigenvalue weighted by molar-refractivity contribution is -0.146. The van der Waals surface area contributed by atoms with E-state index in [4.69, 9.17) is 9.47 Å². The zero-order chi connectivity index (χ0) is 16.7. The van der Waals surface area contributed by atoms with Crippen LogP contribution in [-0.2, 0) is 14.3 Å². The maximum Gasteiger partial charge on any atom is 0.516 e. The van der Waals surface area contributed by atoms with E-state index in [1.807, 2.05) is 0 Å². The van der Waals surface area contributed by atoms with Crippen molar-refractivity contribution in [2.75, 3.05) is 0 Å². The van der Waals surface area contributed by atoms with Crippen LogP contribution < -0.4 is 10.9 Å². The number of hydrogen-bond donors (Lipinski definition) is 2. The summed E-state index contributed by atoms with van der Waals surface area (Å²) in [6.45, 7) is 9.91. The molecule has 0 spiro atoms. The molecule has 128 valence electrons. The monoisotopic (exact) mass is 314 g/mol. The number of carbonyl (C=O) groups is 2. The van der Waals surface area contributed by atoms with Crippen molar-refractivity contribution in [1.29, 1.82) is 0 Å². The average molecular weight is 314 g/mol. The Hall–Kier alpha value is -1.14. The van der Waals surface area contributed by atoms with Gasteiger partial charge >= 0.3 is 12.1 Å². The quantitative estimate of drug-likeness (QED) is 0.446. The molecule has 0 bridgehead atoms. The zero-order valence-electron chi connectivity index (χ0n) is 14.3. The van der Waals surface area contributed by atoms with Crippen LogP contribution in [0, 0.1) is 11.8 Å². The molecule has 2 N–H and O–H groups in total. The number of hydrazine groups is 1. The third-order valence-corrected chi connectivity index (χ3v) is 4.09. The van der Waals surface area contributed by atoms with Crippen LogP contribution in [-0.4, -0.2) is 30.3 Å². The highest BCUT2D eigenvalue weighted by Gasteiger charge is 2.29. The Balaban J connectivity index is 2.27. The standard InChI is InChI=1S/C16H30N2O4/c1-10(2)12(5)17-18-14-8-6-13(7-9-14)15(19)22-16(20)21-11(3)4/h10-14,17-18H,6-9H2,1-5H3/t12?,13-,14-. The Bertz CT molecular complexity index is 363. The van der Waals surface area contributed by atoms with Gasteiger partial charge in [0.25, 0.3) is 0 Å². The lowest BCUT2D eigenvalue weighted by atomic mass is 9.86. The first kappa shape index (κ1) is 18.9. The molecule has 0 aliphatic heterocycles. The van der Waals surface area contributed by atoms with Crippen molar-refractivity contribution in [3.63, 3.8) is 0 Å². The molecule has 1 atom stereocenters. The van der Waals surface area contributed by atoms with E-state index in [-0.39, 0.29) is 12.0 Å². The third kappa shape index (κ3) is 6.75. The summed E-state index contributed by atoms with van der Waals surface area (Å²) in [4.78, 5) is 23.2. The van der Waals surface area contributed by atoms with Crippen LogP contribution in [0.5, 0.6) is 0 Å². The van der Waals surface area contributed by atoms with E-state index in [9.17, 15) is 9.59 Å². The number of nitrogens with one attached hydrogen (secondary N) is 2. The molecule has 1 saturated carbocycles. The highest BCUT2D eigenvalue weighted by molar-refractivity contribution is 5.83. The van der Waals surface area contributed by atoms with Crippen LogP contribution >= 0.6 is 0 Å². The first-order valence-electron chi connectivity index (χ1n) is 8.23. The summed E-state index contributed by atoms with van der Waals surface area (Å²) in [5.74, 6) is -0.112. The molecule has 0 aromatic rings. The third-order valence-electron chi connectivity index (χ3n) is 4.09. The van der Waals surface area contributed by atoms with Crippen molar-refractivity contribution in [2.45, 2.75) is 78.5 Å². The molecule has 0 heterocycles. The van der Waals surface area contributed by atoms with Crippen molar-refractivity contribution in [1.82, 2.24) is 10.9 Å². The van der Waals surface area contributed by atoms with Gasteiger partial charge in [-0.1, -0.05) is 13.8 Å². The van der Waals surface area contributed by atoms with Crippen LogP contribution in [0.25, 0.3) is 0 Å². The minimum Gasteiger partial charge on any atom is -0.431 e. The topological polar surface area (TPSA) is 76.7 Å². The number of carbonyl (C=O) groups excluding carboxylic acids is 2. The summed E-state index contributed by atoms with van der Waals surface area (Å²) >= 11 is 0. The Labute approximate surface area is 133 Å². The Morgan fingerprint density at radius 3 is 2.09 bits per heavy atom. The number of ether oxygens (including phenoxy) is 2. The van der Waals surface area contributed by atoms with Crippen molar-refractivity contribution < 1.29 is 19.1 Å². The van der Waals surface area contributed by atoms with E-state index >= 15 is 0 Å². The molecule has 6 heteroatoms. The second-order valence-electron chi connectivity index (χ2n) is 6.71. The molecule has 0 amide bonds. The minimum atomic E-state index is -0.896. The molecule has 0 aromatic carbocycles. The van der Waals surface area contributed by atoms with Crippen molar-refractivity contribution in [3.05, 3.63) is 0 Å². The fraction of sp³-hybridized carbons (Fsp3) is 0.875. The van der Waals surface area contributed by atoms with Gasteiger partial charge in [-0.05, 0) is 52.4 Å². The molecule has 1 rings (SSSR count). The largest absolute Gasteiger partial charge is 0.516 e. The van der Waals surface area contributed by atoms with Gasteiger partial charge in [0.05, 0.1) is 12.0 Å². The number of hydrogen-bond acceptors (Lipinski definition) is 6. The fourth-order valence-corrected chi connectivity index (χ4v) is 2.27. The van der Waals surface area contributed by atoms with E-state index in [2.05, 4.69) is 31.6 Å². The minimum absolute atomic E-state index is 0.208. The second-order valence-corrected chi connectivity index (χ2v) is 6.71. The Kier molecular flexibility index (Phi) is 7.82. The van der Waals surface area contributed by atoms with E-state index < -0.39 is 12.1 Å². The van der Waals surface area contributed by atoms with E-state index in [0.29, 0.717) is 18.0 Å². The van der Waals surface area contributed by atoms with Gasteiger partial charge in [-0.3, -0.25) is 15.6 Å². The van der Waals surface area contributed by atoms with Gasteiger partial charge in [-0.25, -0.2) is 4.79 Å². The van der Waals surface area contributed by atoms with Gasteiger partial charge in [0.1, 0.15) is 0 Å². The highest BCUT2D eigenvalue weighted by atomic mass is 16.7.